The van der Waals surface area contributed by atoms with Gasteiger partial charge in [0.1, 0.15) is 0 Å². The molecule has 1 rings (SSSR count). The Morgan fingerprint density at radius 2 is 2.05 bits per heavy atom. The molecule has 0 bridgehead atoms. The fourth-order valence-electron chi connectivity index (χ4n) is 1.56. The Morgan fingerprint density at radius 1 is 1.35 bits per heavy atom. The molecule has 0 aromatic carbocycles. The first kappa shape index (κ1) is 15.9. The van der Waals surface area contributed by atoms with Crippen LogP contribution in [0.25, 0.3) is 0 Å². The number of hydrogen-bond acceptors (Lipinski definition) is 3. The van der Waals surface area contributed by atoms with Crippen LogP contribution in [-0.2, 0) is 17.8 Å². The number of nitrogens with zero attached hydrogens (tertiary/aromatic N) is 1. The van der Waals surface area contributed by atoms with Crippen LogP contribution in [0, 0.1) is 5.41 Å². The summed E-state index contributed by atoms with van der Waals surface area (Å²) in [7, 11) is 0. The summed E-state index contributed by atoms with van der Waals surface area (Å²) in [6.07, 6.45) is 2.53. The van der Waals surface area contributed by atoms with Crippen molar-refractivity contribution in [1.82, 2.24) is 15.6 Å². The molecular formula is C14H21N3O3. The van der Waals surface area contributed by atoms with Crippen molar-refractivity contribution in [3.63, 3.8) is 0 Å². The predicted octanol–water partition coefficient (Wildman–Crippen LogP) is 1.55. The van der Waals surface area contributed by atoms with Crippen LogP contribution >= 0.6 is 0 Å². The molecule has 0 unspecified atom stereocenters. The normalized spacial score (nSPS) is 10.9. The highest BCUT2D eigenvalue weighted by Crippen LogP contribution is 2.12. The molecule has 1 heterocycles. The zero-order valence-electron chi connectivity index (χ0n) is 12.1. The summed E-state index contributed by atoms with van der Waals surface area (Å²) in [5.74, 6) is -0.948. The van der Waals surface area contributed by atoms with E-state index in [4.69, 9.17) is 5.11 Å². The molecule has 6 heteroatoms. The lowest BCUT2D eigenvalue weighted by Gasteiger charge is -2.19. The number of rotatable bonds is 6. The first-order chi connectivity index (χ1) is 9.36. The van der Waals surface area contributed by atoms with E-state index in [0.29, 0.717) is 6.54 Å². The van der Waals surface area contributed by atoms with Crippen LogP contribution in [0.2, 0.25) is 0 Å². The van der Waals surface area contributed by atoms with Gasteiger partial charge in [-0.3, -0.25) is 9.78 Å². The van der Waals surface area contributed by atoms with Crippen LogP contribution < -0.4 is 10.6 Å². The van der Waals surface area contributed by atoms with Crippen LogP contribution in [0.5, 0.6) is 0 Å². The SMILES string of the molecule is CCc1cccnc1CNC(=O)NCC(C)(C)C(=O)O. The van der Waals surface area contributed by atoms with E-state index in [9.17, 15) is 9.59 Å². The molecule has 2 amide bonds. The number of hydrogen-bond donors (Lipinski definition) is 3. The molecule has 0 fully saturated rings. The summed E-state index contributed by atoms with van der Waals surface area (Å²) in [4.78, 5) is 26.8. The highest BCUT2D eigenvalue weighted by molar-refractivity contribution is 5.77. The minimum atomic E-state index is -0.989. The van der Waals surface area contributed by atoms with Crippen LogP contribution in [0.15, 0.2) is 18.3 Å². The third kappa shape index (κ3) is 4.53. The molecular weight excluding hydrogens is 258 g/mol. The minimum absolute atomic E-state index is 0.0665. The van der Waals surface area contributed by atoms with E-state index < -0.39 is 17.4 Å². The Balaban J connectivity index is 2.46. The molecule has 0 saturated heterocycles. The number of urea groups is 1. The first-order valence-electron chi connectivity index (χ1n) is 6.54. The average Bonchev–Trinajstić information content (AvgIpc) is 2.43. The van der Waals surface area contributed by atoms with Gasteiger partial charge in [-0.05, 0) is 31.9 Å². The number of aromatic nitrogens is 1. The number of aryl methyl sites for hydroxylation is 1. The quantitative estimate of drug-likeness (QED) is 0.737. The Kier molecular flexibility index (Phi) is 5.49. The Morgan fingerprint density at radius 3 is 2.65 bits per heavy atom. The second-order valence-electron chi connectivity index (χ2n) is 5.19. The van der Waals surface area contributed by atoms with Crippen molar-refractivity contribution in [2.45, 2.75) is 33.7 Å². The van der Waals surface area contributed by atoms with E-state index in [1.54, 1.807) is 20.0 Å². The van der Waals surface area contributed by atoms with Crippen molar-refractivity contribution >= 4 is 12.0 Å². The molecule has 0 radical (unpaired) electrons. The maximum atomic E-state index is 11.6. The minimum Gasteiger partial charge on any atom is -0.481 e. The van der Waals surface area contributed by atoms with Gasteiger partial charge in [-0.2, -0.15) is 0 Å². The molecule has 0 spiro atoms. The monoisotopic (exact) mass is 279 g/mol. The van der Waals surface area contributed by atoms with Gasteiger partial charge in [0.25, 0.3) is 0 Å². The van der Waals surface area contributed by atoms with Crippen LogP contribution in [0.4, 0.5) is 4.79 Å². The van der Waals surface area contributed by atoms with Gasteiger partial charge in [0, 0.05) is 12.7 Å². The summed E-state index contributed by atoms with van der Waals surface area (Å²) >= 11 is 0. The fraction of sp³-hybridized carbons (Fsp3) is 0.500. The van der Waals surface area contributed by atoms with Crippen molar-refractivity contribution in [2.75, 3.05) is 6.54 Å². The molecule has 0 aliphatic carbocycles. The number of carbonyl (C=O) groups is 2. The third-order valence-electron chi connectivity index (χ3n) is 3.05. The molecule has 1 aromatic rings. The topological polar surface area (TPSA) is 91.3 Å². The number of carbonyl (C=O) groups excluding carboxylic acids is 1. The Labute approximate surface area is 118 Å². The standard InChI is InChI=1S/C14H21N3O3/c1-4-10-6-5-7-15-11(10)8-16-13(20)17-9-14(2,3)12(18)19/h5-7H,4,8-9H2,1-3H3,(H,18,19)(H2,16,17,20). The van der Waals surface area contributed by atoms with E-state index in [-0.39, 0.29) is 6.54 Å². The maximum Gasteiger partial charge on any atom is 0.315 e. The average molecular weight is 279 g/mol. The van der Waals surface area contributed by atoms with Crippen molar-refractivity contribution in [1.29, 1.82) is 0 Å². The lowest BCUT2D eigenvalue weighted by atomic mass is 9.94. The van der Waals surface area contributed by atoms with Crippen molar-refractivity contribution in [3.8, 4) is 0 Å². The van der Waals surface area contributed by atoms with Crippen molar-refractivity contribution in [2.24, 2.45) is 5.41 Å². The first-order valence-corrected chi connectivity index (χ1v) is 6.54. The van der Waals surface area contributed by atoms with E-state index in [2.05, 4.69) is 15.6 Å². The summed E-state index contributed by atoms with van der Waals surface area (Å²) in [6.45, 7) is 5.53. The number of amides is 2. The molecule has 0 aliphatic heterocycles. The van der Waals surface area contributed by atoms with Crippen LogP contribution in [0.3, 0.4) is 0 Å². The second kappa shape index (κ2) is 6.88. The number of nitrogens with one attached hydrogen (secondary N) is 2. The number of carboxylic acids is 1. The van der Waals surface area contributed by atoms with E-state index in [0.717, 1.165) is 17.7 Å². The lowest BCUT2D eigenvalue weighted by molar-refractivity contribution is -0.146. The summed E-state index contributed by atoms with van der Waals surface area (Å²) < 4.78 is 0. The molecule has 6 nitrogen and oxygen atoms in total. The zero-order valence-corrected chi connectivity index (χ0v) is 12.1. The summed E-state index contributed by atoms with van der Waals surface area (Å²) in [6, 6.07) is 3.43. The predicted molar refractivity (Wildman–Crippen MR) is 75.3 cm³/mol. The lowest BCUT2D eigenvalue weighted by Crippen LogP contribution is -2.43. The van der Waals surface area contributed by atoms with E-state index in [1.165, 1.54) is 0 Å². The van der Waals surface area contributed by atoms with Gasteiger partial charge in [-0.15, -0.1) is 0 Å². The highest BCUT2D eigenvalue weighted by Gasteiger charge is 2.27. The smallest absolute Gasteiger partial charge is 0.315 e. The maximum absolute atomic E-state index is 11.6. The van der Waals surface area contributed by atoms with Gasteiger partial charge < -0.3 is 15.7 Å². The molecule has 110 valence electrons. The van der Waals surface area contributed by atoms with Gasteiger partial charge in [-0.1, -0.05) is 13.0 Å². The van der Waals surface area contributed by atoms with E-state index >= 15 is 0 Å². The van der Waals surface area contributed by atoms with Crippen LogP contribution in [0.1, 0.15) is 32.0 Å². The molecule has 0 saturated carbocycles. The summed E-state index contributed by atoms with van der Waals surface area (Å²) in [5.41, 5.74) is 0.915. The zero-order chi connectivity index (χ0) is 15.2. The van der Waals surface area contributed by atoms with Gasteiger partial charge in [0.15, 0.2) is 0 Å². The van der Waals surface area contributed by atoms with Gasteiger partial charge in [0.2, 0.25) is 0 Å². The van der Waals surface area contributed by atoms with Gasteiger partial charge in [0.05, 0.1) is 17.7 Å². The van der Waals surface area contributed by atoms with Crippen molar-refractivity contribution < 1.29 is 14.7 Å². The Hall–Kier alpha value is -2.11. The molecule has 3 N–H and O–H groups in total. The molecule has 0 aliphatic rings. The van der Waals surface area contributed by atoms with Gasteiger partial charge in [-0.25, -0.2) is 4.79 Å². The number of aliphatic carboxylic acids is 1. The molecule has 1 aromatic heterocycles. The third-order valence-corrected chi connectivity index (χ3v) is 3.05. The second-order valence-corrected chi connectivity index (χ2v) is 5.19. The van der Waals surface area contributed by atoms with Gasteiger partial charge >= 0.3 is 12.0 Å². The number of carboxylic acid groups (broad SMARTS) is 1. The van der Waals surface area contributed by atoms with Crippen molar-refractivity contribution in [3.05, 3.63) is 29.6 Å². The summed E-state index contributed by atoms with van der Waals surface area (Å²) in [5, 5.41) is 14.2. The van der Waals surface area contributed by atoms with E-state index in [1.807, 2.05) is 19.1 Å². The largest absolute Gasteiger partial charge is 0.481 e. The molecule has 0 atom stereocenters. The fourth-order valence-corrected chi connectivity index (χ4v) is 1.56. The highest BCUT2D eigenvalue weighted by atomic mass is 16.4. The Bertz CT molecular complexity index is 486. The molecule has 20 heavy (non-hydrogen) atoms. The number of pyridine rings is 1. The van der Waals surface area contributed by atoms with Crippen LogP contribution in [-0.4, -0.2) is 28.6 Å².